The third-order valence-electron chi connectivity index (χ3n) is 2.70. The minimum Gasteiger partial charge on any atom is -0.381 e. The van der Waals surface area contributed by atoms with Crippen molar-refractivity contribution in [3.63, 3.8) is 0 Å². The number of halogens is 5. The summed E-state index contributed by atoms with van der Waals surface area (Å²) in [5.41, 5.74) is -0.996. The lowest BCUT2D eigenvalue weighted by molar-refractivity contribution is -0.510. The van der Waals surface area contributed by atoms with Crippen molar-refractivity contribution in [2.45, 2.75) is 12.0 Å². The summed E-state index contributed by atoms with van der Waals surface area (Å²) >= 11 is 5.89. The van der Waals surface area contributed by atoms with Crippen LogP contribution in [-0.4, -0.2) is 35.3 Å². The van der Waals surface area contributed by atoms with Crippen molar-refractivity contribution in [2.75, 3.05) is 7.05 Å². The fourth-order valence-electron chi connectivity index (χ4n) is 1.79. The second-order valence-electron chi connectivity index (χ2n) is 4.01. The number of rotatable bonds is 2. The zero-order chi connectivity index (χ0) is 15.7. The van der Waals surface area contributed by atoms with Gasteiger partial charge in [-0.25, -0.2) is 8.78 Å². The molecule has 0 saturated heterocycles. The number of ether oxygens (including phenoxy) is 1. The van der Waals surface area contributed by atoms with E-state index in [0.717, 1.165) is 10.8 Å². The molecule has 0 N–H and O–H groups in total. The normalized spacial score (nSPS) is 18.0. The highest BCUT2D eigenvalue weighted by molar-refractivity contribution is 6.45. The van der Waals surface area contributed by atoms with Crippen LogP contribution < -0.4 is 0 Å². The highest BCUT2D eigenvalue weighted by Gasteiger charge is 2.41. The largest absolute Gasteiger partial charge is 0.396 e. The number of hydrazone groups is 1. The molecule has 0 spiro atoms. The van der Waals surface area contributed by atoms with Crippen LogP contribution in [0.25, 0.3) is 0 Å². The predicted molar refractivity (Wildman–Crippen MR) is 65.5 cm³/mol. The van der Waals surface area contributed by atoms with Crippen molar-refractivity contribution >= 4 is 23.2 Å². The van der Waals surface area contributed by atoms with Crippen LogP contribution >= 0.6 is 11.6 Å². The van der Waals surface area contributed by atoms with Crippen LogP contribution in [0.1, 0.15) is 11.1 Å². The molecule has 2 rings (SSSR count). The quantitative estimate of drug-likeness (QED) is 0.477. The molecule has 9 heteroatoms. The van der Waals surface area contributed by atoms with E-state index >= 15 is 0 Å². The summed E-state index contributed by atoms with van der Waals surface area (Å²) < 4.78 is 57.1. The molecule has 0 aromatic heterocycles. The highest BCUT2D eigenvalue weighted by Crippen LogP contribution is 2.23. The fraction of sp³-hybridized carbons (Fsp3) is 0.250. The van der Waals surface area contributed by atoms with E-state index in [-0.39, 0.29) is 11.3 Å². The first-order valence-corrected chi connectivity index (χ1v) is 5.96. The summed E-state index contributed by atoms with van der Waals surface area (Å²) in [6, 6.07) is 2.90. The SMILES string of the molecule is C[N+]1=C(OC(F)F)C(Cl)C(c2cc(F)c(C#N)cc2F)=N1. The molecule has 0 amide bonds. The van der Waals surface area contributed by atoms with Gasteiger partial charge in [0.15, 0.2) is 12.8 Å². The van der Waals surface area contributed by atoms with Crippen molar-refractivity contribution in [3.8, 4) is 6.07 Å². The van der Waals surface area contributed by atoms with Gasteiger partial charge in [-0.1, -0.05) is 16.3 Å². The summed E-state index contributed by atoms with van der Waals surface area (Å²) in [6.07, 6.45) is 0. The van der Waals surface area contributed by atoms with Gasteiger partial charge in [0.2, 0.25) is 5.38 Å². The van der Waals surface area contributed by atoms with E-state index in [4.69, 9.17) is 16.9 Å². The molecule has 1 aromatic carbocycles. The number of hydrogen-bond donors (Lipinski definition) is 0. The number of alkyl halides is 3. The maximum absolute atomic E-state index is 13.9. The monoisotopic (exact) mass is 320 g/mol. The van der Waals surface area contributed by atoms with Gasteiger partial charge in [-0.05, 0) is 12.1 Å². The first kappa shape index (κ1) is 15.3. The van der Waals surface area contributed by atoms with Gasteiger partial charge in [0.05, 0.1) is 5.56 Å². The van der Waals surface area contributed by atoms with E-state index in [1.54, 1.807) is 0 Å². The van der Waals surface area contributed by atoms with Gasteiger partial charge in [-0.3, -0.25) is 0 Å². The third-order valence-corrected chi connectivity index (χ3v) is 3.09. The maximum Gasteiger partial charge on any atom is 0.396 e. The van der Waals surface area contributed by atoms with Crippen molar-refractivity contribution in [1.29, 1.82) is 5.26 Å². The second-order valence-corrected chi connectivity index (χ2v) is 4.45. The molecule has 0 radical (unpaired) electrons. The van der Waals surface area contributed by atoms with Gasteiger partial charge >= 0.3 is 12.5 Å². The van der Waals surface area contributed by atoms with Gasteiger partial charge in [-0.15, -0.1) is 0 Å². The number of nitriles is 1. The number of hydrogen-bond acceptors (Lipinski definition) is 3. The lowest BCUT2D eigenvalue weighted by Crippen LogP contribution is -2.28. The zero-order valence-corrected chi connectivity index (χ0v) is 11.2. The van der Waals surface area contributed by atoms with Gasteiger partial charge in [0, 0.05) is 10.7 Å². The van der Waals surface area contributed by atoms with E-state index in [9.17, 15) is 17.6 Å². The molecule has 1 aliphatic heterocycles. The molecule has 0 bridgehead atoms. The van der Waals surface area contributed by atoms with Gasteiger partial charge in [-0.2, -0.15) is 14.0 Å². The Hall–Kier alpha value is -2.14. The second kappa shape index (κ2) is 5.69. The molecule has 0 aliphatic carbocycles. The molecule has 4 nitrogen and oxygen atoms in total. The average Bonchev–Trinajstić information content (AvgIpc) is 2.68. The van der Waals surface area contributed by atoms with Gasteiger partial charge in [0.25, 0.3) is 0 Å². The molecule has 1 aliphatic rings. The minimum atomic E-state index is -3.12. The summed E-state index contributed by atoms with van der Waals surface area (Å²) in [7, 11) is 1.28. The maximum atomic E-state index is 13.9. The molecule has 0 saturated carbocycles. The minimum absolute atomic E-state index is 0.185. The molecular weight excluding hydrogens is 314 g/mol. The molecule has 21 heavy (non-hydrogen) atoms. The topological polar surface area (TPSA) is 48.4 Å². The van der Waals surface area contributed by atoms with Crippen molar-refractivity contribution in [1.82, 2.24) is 0 Å². The van der Waals surface area contributed by atoms with Crippen LogP contribution in [0.15, 0.2) is 17.2 Å². The molecule has 1 aromatic rings. The summed E-state index contributed by atoms with van der Waals surface area (Å²) in [5.74, 6) is -2.30. The Morgan fingerprint density at radius 1 is 1.38 bits per heavy atom. The van der Waals surface area contributed by atoms with Crippen molar-refractivity contribution in [3.05, 3.63) is 34.9 Å². The van der Waals surface area contributed by atoms with Crippen LogP contribution in [0.3, 0.4) is 0 Å². The van der Waals surface area contributed by atoms with E-state index < -0.39 is 35.1 Å². The van der Waals surface area contributed by atoms with E-state index in [2.05, 4.69) is 9.84 Å². The van der Waals surface area contributed by atoms with E-state index in [0.29, 0.717) is 6.07 Å². The predicted octanol–water partition coefficient (Wildman–Crippen LogP) is 2.44. The first-order valence-electron chi connectivity index (χ1n) is 5.52. The lowest BCUT2D eigenvalue weighted by atomic mass is 10.0. The van der Waals surface area contributed by atoms with Crippen LogP contribution in [0.2, 0.25) is 0 Å². The Labute approximate surface area is 121 Å². The molecule has 0 fully saturated rings. The summed E-state index contributed by atoms with van der Waals surface area (Å²) in [5, 5.41) is 11.1. The van der Waals surface area contributed by atoms with Gasteiger partial charge < -0.3 is 4.74 Å². The zero-order valence-electron chi connectivity index (χ0n) is 10.4. The standard InChI is InChI=1S/C12H7ClF4N3O/c1-20-11(21-12(16)17)9(13)10(19-20)6-3-7(14)5(4-18)2-8(6)15/h2-3,9,12H,1H3/q+1. The molecular formula is C12H7ClF4N3O+. The molecule has 1 unspecified atom stereocenters. The van der Waals surface area contributed by atoms with Crippen LogP contribution in [-0.2, 0) is 4.74 Å². The summed E-state index contributed by atoms with van der Waals surface area (Å²) in [6.45, 7) is -3.12. The highest BCUT2D eigenvalue weighted by atomic mass is 35.5. The smallest absolute Gasteiger partial charge is 0.381 e. The van der Waals surface area contributed by atoms with Crippen LogP contribution in [0.4, 0.5) is 17.6 Å². The molecule has 1 heterocycles. The Morgan fingerprint density at radius 3 is 2.62 bits per heavy atom. The number of benzene rings is 1. The van der Waals surface area contributed by atoms with Crippen LogP contribution in [0.5, 0.6) is 0 Å². The lowest BCUT2D eigenvalue weighted by Gasteiger charge is -2.06. The summed E-state index contributed by atoms with van der Waals surface area (Å²) in [4.78, 5) is 0. The molecule has 1 atom stereocenters. The Morgan fingerprint density at radius 2 is 2.05 bits per heavy atom. The third kappa shape index (κ3) is 2.83. The number of nitrogens with zero attached hydrogens (tertiary/aromatic N) is 3. The van der Waals surface area contributed by atoms with E-state index in [1.807, 2.05) is 0 Å². The Bertz CT molecular complexity index is 696. The van der Waals surface area contributed by atoms with E-state index in [1.165, 1.54) is 13.1 Å². The first-order chi connectivity index (χ1) is 9.85. The fourth-order valence-corrected chi connectivity index (χ4v) is 2.14. The van der Waals surface area contributed by atoms with Crippen molar-refractivity contribution in [2.24, 2.45) is 5.10 Å². The van der Waals surface area contributed by atoms with Gasteiger partial charge in [0.1, 0.15) is 17.7 Å². The Balaban J connectivity index is 2.41. The average molecular weight is 321 g/mol. The van der Waals surface area contributed by atoms with Crippen molar-refractivity contribution < 1.29 is 27.0 Å². The molecule has 110 valence electrons. The van der Waals surface area contributed by atoms with Crippen LogP contribution in [0, 0.1) is 23.0 Å². The Kier molecular flexibility index (Phi) is 4.14.